The van der Waals surface area contributed by atoms with Crippen LogP contribution in [0.3, 0.4) is 0 Å². The number of benzene rings is 1. The van der Waals surface area contributed by atoms with Gasteiger partial charge in [0.1, 0.15) is 19.0 Å². The molecule has 0 aromatic heterocycles. The van der Waals surface area contributed by atoms with E-state index in [9.17, 15) is 4.79 Å². The molecule has 0 saturated heterocycles. The number of carbonyl (C=O) groups is 1. The maximum atomic E-state index is 11.0. The third-order valence-corrected chi connectivity index (χ3v) is 1.84. The summed E-state index contributed by atoms with van der Waals surface area (Å²) in [6.45, 7) is 2.10. The van der Waals surface area contributed by atoms with E-state index in [-0.39, 0.29) is 12.5 Å². The Morgan fingerprint density at radius 1 is 1.29 bits per heavy atom. The first-order chi connectivity index (χ1) is 8.24. The van der Waals surface area contributed by atoms with E-state index in [1.807, 2.05) is 12.1 Å². The van der Waals surface area contributed by atoms with Gasteiger partial charge in [0.2, 0.25) is 5.91 Å². The Labute approximate surface area is 101 Å². The van der Waals surface area contributed by atoms with Crippen LogP contribution < -0.4 is 10.1 Å². The van der Waals surface area contributed by atoms with Crippen LogP contribution in [0.4, 0.5) is 5.69 Å². The third kappa shape index (κ3) is 5.05. The summed E-state index contributed by atoms with van der Waals surface area (Å²) in [5.74, 6) is 6.06. The molecule has 4 heteroatoms. The number of hydrogen-bond donors (Lipinski definition) is 1. The minimum absolute atomic E-state index is 0.133. The second-order valence-electron chi connectivity index (χ2n) is 3.25. The maximum Gasteiger partial charge on any atom is 0.221 e. The average molecular weight is 233 g/mol. The Hall–Kier alpha value is -1.99. The minimum atomic E-state index is -0.133. The van der Waals surface area contributed by atoms with Crippen molar-refractivity contribution >= 4 is 11.6 Å². The van der Waals surface area contributed by atoms with Crippen LogP contribution in [0.2, 0.25) is 0 Å². The van der Waals surface area contributed by atoms with Crippen molar-refractivity contribution in [3.05, 3.63) is 24.3 Å². The molecule has 17 heavy (non-hydrogen) atoms. The van der Waals surface area contributed by atoms with Crippen LogP contribution in [0.15, 0.2) is 24.3 Å². The number of amides is 1. The molecule has 0 aliphatic rings. The van der Waals surface area contributed by atoms with E-state index < -0.39 is 0 Å². The largest absolute Gasteiger partial charge is 0.479 e. The minimum Gasteiger partial charge on any atom is -0.479 e. The molecule has 0 fully saturated rings. The maximum absolute atomic E-state index is 11.0. The van der Waals surface area contributed by atoms with Gasteiger partial charge in [-0.1, -0.05) is 24.0 Å². The zero-order valence-corrected chi connectivity index (χ0v) is 9.95. The lowest BCUT2D eigenvalue weighted by Crippen LogP contribution is -2.07. The van der Waals surface area contributed by atoms with E-state index in [1.165, 1.54) is 6.92 Å². The van der Waals surface area contributed by atoms with E-state index in [2.05, 4.69) is 17.2 Å². The van der Waals surface area contributed by atoms with E-state index >= 15 is 0 Å². The van der Waals surface area contributed by atoms with Gasteiger partial charge in [-0.05, 0) is 12.1 Å². The zero-order valence-electron chi connectivity index (χ0n) is 9.95. The normalized spacial score (nSPS) is 9.06. The Kier molecular flexibility index (Phi) is 5.62. The molecule has 0 saturated carbocycles. The Morgan fingerprint density at radius 3 is 2.71 bits per heavy atom. The number of carbonyl (C=O) groups excluding carboxylic acids is 1. The SMILES string of the molecule is COCC#CCOc1ccccc1NC(C)=O. The molecule has 1 rings (SSSR count). The fourth-order valence-corrected chi connectivity index (χ4v) is 1.17. The molecule has 1 aromatic rings. The second kappa shape index (κ2) is 7.31. The van der Waals surface area contributed by atoms with Crippen molar-refractivity contribution in [1.82, 2.24) is 0 Å². The molecule has 0 unspecified atom stereocenters. The fourth-order valence-electron chi connectivity index (χ4n) is 1.17. The molecule has 0 bridgehead atoms. The standard InChI is InChI=1S/C13H15NO3/c1-11(15)14-12-7-3-4-8-13(12)17-10-6-5-9-16-2/h3-4,7-8H,9-10H2,1-2H3,(H,14,15). The van der Waals surface area contributed by atoms with Gasteiger partial charge >= 0.3 is 0 Å². The first kappa shape index (κ1) is 13.1. The van der Waals surface area contributed by atoms with Crippen LogP contribution in [0.5, 0.6) is 5.75 Å². The van der Waals surface area contributed by atoms with E-state index in [0.29, 0.717) is 18.0 Å². The molecular weight excluding hydrogens is 218 g/mol. The van der Waals surface area contributed by atoms with Crippen molar-refractivity contribution < 1.29 is 14.3 Å². The van der Waals surface area contributed by atoms with Crippen LogP contribution in [-0.4, -0.2) is 26.2 Å². The zero-order chi connectivity index (χ0) is 12.5. The first-order valence-corrected chi connectivity index (χ1v) is 5.18. The van der Waals surface area contributed by atoms with Crippen molar-refractivity contribution in [2.75, 3.05) is 25.6 Å². The lowest BCUT2D eigenvalue weighted by Gasteiger charge is -2.09. The quantitative estimate of drug-likeness (QED) is 0.805. The third-order valence-electron chi connectivity index (χ3n) is 1.84. The highest BCUT2D eigenvalue weighted by molar-refractivity contribution is 5.90. The van der Waals surface area contributed by atoms with Crippen LogP contribution in [-0.2, 0) is 9.53 Å². The summed E-state index contributed by atoms with van der Waals surface area (Å²) >= 11 is 0. The number of hydrogen-bond acceptors (Lipinski definition) is 3. The van der Waals surface area contributed by atoms with Crippen molar-refractivity contribution in [2.24, 2.45) is 0 Å². The van der Waals surface area contributed by atoms with Gasteiger partial charge in [0.05, 0.1) is 5.69 Å². The first-order valence-electron chi connectivity index (χ1n) is 5.18. The molecule has 0 aliphatic heterocycles. The summed E-state index contributed by atoms with van der Waals surface area (Å²) in [4.78, 5) is 11.0. The smallest absolute Gasteiger partial charge is 0.221 e. The number of nitrogens with one attached hydrogen (secondary N) is 1. The summed E-state index contributed by atoms with van der Waals surface area (Å²) in [6.07, 6.45) is 0. The Bertz CT molecular complexity index is 432. The Balaban J connectivity index is 2.58. The topological polar surface area (TPSA) is 47.6 Å². The van der Waals surface area contributed by atoms with Crippen molar-refractivity contribution in [3.63, 3.8) is 0 Å². The molecule has 0 heterocycles. The van der Waals surface area contributed by atoms with E-state index in [1.54, 1.807) is 19.2 Å². The summed E-state index contributed by atoms with van der Waals surface area (Å²) in [7, 11) is 1.58. The number of rotatable bonds is 4. The molecule has 0 spiro atoms. The number of para-hydroxylation sites is 2. The Morgan fingerprint density at radius 2 is 2.00 bits per heavy atom. The molecule has 0 aliphatic carbocycles. The number of ether oxygens (including phenoxy) is 2. The van der Waals surface area contributed by atoms with Crippen molar-refractivity contribution in [1.29, 1.82) is 0 Å². The average Bonchev–Trinajstić information content (AvgIpc) is 2.30. The van der Waals surface area contributed by atoms with Gasteiger partial charge in [-0.2, -0.15) is 0 Å². The van der Waals surface area contributed by atoms with Crippen molar-refractivity contribution in [2.45, 2.75) is 6.92 Å². The molecule has 1 aromatic carbocycles. The number of anilines is 1. The monoisotopic (exact) mass is 233 g/mol. The van der Waals surface area contributed by atoms with Crippen molar-refractivity contribution in [3.8, 4) is 17.6 Å². The van der Waals surface area contributed by atoms with E-state index in [0.717, 1.165) is 0 Å². The summed E-state index contributed by atoms with van der Waals surface area (Å²) in [5.41, 5.74) is 0.647. The molecule has 0 atom stereocenters. The molecule has 90 valence electrons. The lowest BCUT2D eigenvalue weighted by atomic mass is 10.3. The molecular formula is C13H15NO3. The van der Waals surface area contributed by atoms with Gasteiger partial charge in [-0.3, -0.25) is 4.79 Å². The van der Waals surface area contributed by atoms with Gasteiger partial charge in [0.15, 0.2) is 0 Å². The van der Waals surface area contributed by atoms with Gasteiger partial charge in [-0.25, -0.2) is 0 Å². The summed E-state index contributed by atoms with van der Waals surface area (Å²) in [6, 6.07) is 7.22. The molecule has 1 N–H and O–H groups in total. The summed E-state index contributed by atoms with van der Waals surface area (Å²) in [5, 5.41) is 2.69. The summed E-state index contributed by atoms with van der Waals surface area (Å²) < 4.78 is 10.2. The predicted molar refractivity (Wildman–Crippen MR) is 65.9 cm³/mol. The highest BCUT2D eigenvalue weighted by Gasteiger charge is 2.02. The van der Waals surface area contributed by atoms with Gasteiger partial charge in [0.25, 0.3) is 0 Å². The molecule has 0 radical (unpaired) electrons. The highest BCUT2D eigenvalue weighted by Crippen LogP contribution is 2.23. The molecule has 1 amide bonds. The number of methoxy groups -OCH3 is 1. The highest BCUT2D eigenvalue weighted by atomic mass is 16.5. The van der Waals surface area contributed by atoms with Crippen LogP contribution in [0.1, 0.15) is 6.92 Å². The molecule has 4 nitrogen and oxygen atoms in total. The predicted octanol–water partition coefficient (Wildman–Crippen LogP) is 1.67. The second-order valence-corrected chi connectivity index (χ2v) is 3.25. The van der Waals surface area contributed by atoms with Gasteiger partial charge in [0, 0.05) is 14.0 Å². The van der Waals surface area contributed by atoms with Gasteiger partial charge < -0.3 is 14.8 Å². The van der Waals surface area contributed by atoms with Crippen LogP contribution in [0, 0.1) is 11.8 Å². The van der Waals surface area contributed by atoms with Crippen LogP contribution >= 0.6 is 0 Å². The fraction of sp³-hybridized carbons (Fsp3) is 0.308. The van der Waals surface area contributed by atoms with Crippen LogP contribution in [0.25, 0.3) is 0 Å². The van der Waals surface area contributed by atoms with Gasteiger partial charge in [-0.15, -0.1) is 0 Å². The lowest BCUT2D eigenvalue weighted by molar-refractivity contribution is -0.114. The van der Waals surface area contributed by atoms with E-state index in [4.69, 9.17) is 9.47 Å².